The third kappa shape index (κ3) is 3.72. The molecule has 3 aromatic rings. The van der Waals surface area contributed by atoms with Crippen molar-refractivity contribution in [2.45, 2.75) is 37.6 Å². The van der Waals surface area contributed by atoms with Crippen LogP contribution in [0.25, 0.3) is 22.0 Å². The third-order valence-electron chi connectivity index (χ3n) is 8.39. The van der Waals surface area contributed by atoms with Gasteiger partial charge in [-0.1, -0.05) is 30.3 Å². The van der Waals surface area contributed by atoms with Crippen molar-refractivity contribution in [2.75, 3.05) is 26.7 Å². The molecule has 1 aromatic heterocycles. The Balaban J connectivity index is 1.13. The first kappa shape index (κ1) is 22.5. The van der Waals surface area contributed by atoms with Gasteiger partial charge in [-0.05, 0) is 61.3 Å². The van der Waals surface area contributed by atoms with Crippen LogP contribution in [0.15, 0.2) is 47.5 Å². The number of carbonyl (C=O) groups is 2. The van der Waals surface area contributed by atoms with Crippen molar-refractivity contribution < 1.29 is 14.3 Å². The van der Waals surface area contributed by atoms with E-state index in [4.69, 9.17) is 9.73 Å². The van der Waals surface area contributed by atoms with Gasteiger partial charge in [0.15, 0.2) is 0 Å². The molecule has 190 valence electrons. The number of methoxy groups -OCH3 is 1. The molecule has 0 unspecified atom stereocenters. The molecule has 3 fully saturated rings. The van der Waals surface area contributed by atoms with Crippen LogP contribution in [-0.4, -0.2) is 69.5 Å². The van der Waals surface area contributed by atoms with E-state index in [0.29, 0.717) is 24.2 Å². The van der Waals surface area contributed by atoms with Gasteiger partial charge in [0.25, 0.3) is 5.91 Å². The van der Waals surface area contributed by atoms with Gasteiger partial charge >= 0.3 is 0 Å². The Hall–Kier alpha value is -3.68. The minimum Gasteiger partial charge on any atom is -0.479 e. The first-order valence-electron chi connectivity index (χ1n) is 13.3. The summed E-state index contributed by atoms with van der Waals surface area (Å²) < 4.78 is 7.28. The summed E-state index contributed by atoms with van der Waals surface area (Å²) in [4.78, 5) is 34.8. The van der Waals surface area contributed by atoms with Crippen LogP contribution < -0.4 is 4.74 Å². The summed E-state index contributed by atoms with van der Waals surface area (Å²) in [5, 5.41) is 5.41. The predicted molar refractivity (Wildman–Crippen MR) is 140 cm³/mol. The van der Waals surface area contributed by atoms with Crippen LogP contribution in [0.1, 0.15) is 37.7 Å². The Morgan fingerprint density at radius 3 is 2.49 bits per heavy atom. The maximum Gasteiger partial charge on any atom is 0.256 e. The molecule has 2 saturated carbocycles. The number of hydrogen-bond donors (Lipinski definition) is 0. The van der Waals surface area contributed by atoms with E-state index in [1.807, 2.05) is 21.5 Å². The second kappa shape index (κ2) is 8.16. The van der Waals surface area contributed by atoms with E-state index in [2.05, 4.69) is 47.6 Å². The largest absolute Gasteiger partial charge is 0.479 e. The van der Waals surface area contributed by atoms with Crippen LogP contribution in [0.3, 0.4) is 0 Å². The van der Waals surface area contributed by atoms with Gasteiger partial charge in [-0.3, -0.25) is 24.2 Å². The summed E-state index contributed by atoms with van der Waals surface area (Å²) in [7, 11) is 3.55. The Morgan fingerprint density at radius 1 is 1.05 bits per heavy atom. The number of ether oxygens (including phenoxy) is 1. The van der Waals surface area contributed by atoms with Gasteiger partial charge < -0.3 is 9.64 Å². The lowest BCUT2D eigenvalue weighted by Gasteiger charge is -2.23. The lowest BCUT2D eigenvalue weighted by Crippen LogP contribution is -2.40. The summed E-state index contributed by atoms with van der Waals surface area (Å²) in [6, 6.07) is 14.6. The number of aliphatic imine (C=N–C) groups is 1. The highest BCUT2D eigenvalue weighted by molar-refractivity contribution is 6.16. The summed E-state index contributed by atoms with van der Waals surface area (Å²) in [5.74, 6) is 2.38. The van der Waals surface area contributed by atoms with Crippen molar-refractivity contribution in [1.29, 1.82) is 0 Å². The molecule has 0 bridgehead atoms. The monoisotopic (exact) mass is 497 g/mol. The second-order valence-electron chi connectivity index (χ2n) is 11.0. The number of benzene rings is 2. The number of hydrogen-bond acceptors (Lipinski definition) is 5. The van der Waals surface area contributed by atoms with Crippen LogP contribution >= 0.6 is 0 Å². The van der Waals surface area contributed by atoms with Crippen molar-refractivity contribution in [2.24, 2.45) is 23.9 Å². The maximum absolute atomic E-state index is 13.4. The van der Waals surface area contributed by atoms with Gasteiger partial charge in [0.05, 0.1) is 18.0 Å². The molecular formula is C29H31N5O3. The summed E-state index contributed by atoms with van der Waals surface area (Å²) >= 11 is 0. The van der Waals surface area contributed by atoms with E-state index < -0.39 is 5.54 Å². The average molecular weight is 498 g/mol. The van der Waals surface area contributed by atoms with E-state index in [0.717, 1.165) is 78.6 Å². The number of likely N-dealkylation sites (tertiary alicyclic amines) is 1. The van der Waals surface area contributed by atoms with Crippen molar-refractivity contribution in [3.8, 4) is 17.0 Å². The molecule has 0 N–H and O–H groups in total. The molecule has 8 nitrogen and oxygen atoms in total. The molecule has 1 atom stereocenters. The van der Waals surface area contributed by atoms with Gasteiger partial charge in [-0.25, -0.2) is 0 Å². The highest BCUT2D eigenvalue weighted by atomic mass is 16.5. The van der Waals surface area contributed by atoms with Gasteiger partial charge in [-0.2, -0.15) is 0 Å². The molecule has 2 aliphatic heterocycles. The molecule has 4 aliphatic rings. The SMILES string of the molecule is COc1nn(C)c2ccc(-c3ccc(C4=NC5(CC5)C(=O)N4C[C@@H]4CCN(C(=O)C5CC5)C4)cc3)cc12. The normalized spacial score (nSPS) is 22.3. The standard InChI is InChI=1S/C29H31N5O3/c1-32-24-10-9-22(15-23(24)26(31-32)37-2)19-3-5-20(6-4-19)25-30-29(12-13-29)28(36)34(25)17-18-11-14-33(16-18)27(35)21-7-8-21/h3-6,9-10,15,18,21H,7-8,11-14,16-17H2,1-2H3/t18-/m1/s1. The quantitative estimate of drug-likeness (QED) is 0.521. The lowest BCUT2D eigenvalue weighted by atomic mass is 10.0. The molecule has 8 heteroatoms. The highest BCUT2D eigenvalue weighted by Crippen LogP contribution is 2.46. The van der Waals surface area contributed by atoms with Gasteiger partial charge in [0.1, 0.15) is 11.4 Å². The van der Waals surface area contributed by atoms with Gasteiger partial charge in [-0.15, -0.1) is 5.10 Å². The second-order valence-corrected chi connectivity index (χ2v) is 11.0. The first-order valence-corrected chi connectivity index (χ1v) is 13.3. The lowest BCUT2D eigenvalue weighted by molar-refractivity contribution is -0.131. The number of aryl methyl sites for hydroxylation is 1. The van der Waals surface area contributed by atoms with Crippen LogP contribution in [0.5, 0.6) is 5.88 Å². The molecule has 1 spiro atoms. The number of fused-ring (bicyclic) bond motifs is 1. The fraction of sp³-hybridized carbons (Fsp3) is 0.448. The Labute approximate surface area is 215 Å². The minimum absolute atomic E-state index is 0.132. The van der Waals surface area contributed by atoms with Crippen LogP contribution in [0.4, 0.5) is 0 Å². The molecule has 7 rings (SSSR count). The van der Waals surface area contributed by atoms with Crippen LogP contribution in [0.2, 0.25) is 0 Å². The smallest absolute Gasteiger partial charge is 0.256 e. The zero-order chi connectivity index (χ0) is 25.3. The summed E-state index contributed by atoms with van der Waals surface area (Å²) in [6.07, 6.45) is 4.66. The van der Waals surface area contributed by atoms with Crippen molar-refractivity contribution >= 4 is 28.6 Å². The molecule has 0 radical (unpaired) electrons. The van der Waals surface area contributed by atoms with Crippen LogP contribution in [-0.2, 0) is 16.6 Å². The van der Waals surface area contributed by atoms with Crippen molar-refractivity contribution in [3.05, 3.63) is 48.0 Å². The molecule has 2 aliphatic carbocycles. The number of carbonyl (C=O) groups excluding carboxylic acids is 2. The number of amides is 2. The summed E-state index contributed by atoms with van der Waals surface area (Å²) in [5.41, 5.74) is 3.60. The maximum atomic E-state index is 13.4. The minimum atomic E-state index is -0.544. The molecule has 3 heterocycles. The van der Waals surface area contributed by atoms with Gasteiger partial charge in [0, 0.05) is 38.2 Å². The molecular weight excluding hydrogens is 466 g/mol. The number of aromatic nitrogens is 2. The number of nitrogens with zero attached hydrogens (tertiary/aromatic N) is 5. The van der Waals surface area contributed by atoms with Gasteiger partial charge in [0.2, 0.25) is 11.8 Å². The van der Waals surface area contributed by atoms with E-state index in [1.54, 1.807) is 7.11 Å². The van der Waals surface area contributed by atoms with Crippen LogP contribution in [0, 0.1) is 11.8 Å². The first-order chi connectivity index (χ1) is 18.0. The zero-order valence-corrected chi connectivity index (χ0v) is 21.3. The molecule has 2 amide bonds. The Morgan fingerprint density at radius 2 is 1.78 bits per heavy atom. The highest BCUT2D eigenvalue weighted by Gasteiger charge is 2.57. The van der Waals surface area contributed by atoms with E-state index in [9.17, 15) is 9.59 Å². The topological polar surface area (TPSA) is 80.0 Å². The molecule has 2 aromatic carbocycles. The van der Waals surface area contributed by atoms with Crippen molar-refractivity contribution in [1.82, 2.24) is 19.6 Å². The average Bonchev–Trinajstić information content (AvgIpc) is 3.83. The Bertz CT molecular complexity index is 1450. The number of rotatable bonds is 6. The molecule has 37 heavy (non-hydrogen) atoms. The fourth-order valence-electron chi connectivity index (χ4n) is 5.90. The number of amidine groups is 1. The van der Waals surface area contributed by atoms with E-state index in [-0.39, 0.29) is 11.8 Å². The van der Waals surface area contributed by atoms with Crippen molar-refractivity contribution in [3.63, 3.8) is 0 Å². The molecule has 1 saturated heterocycles. The zero-order valence-electron chi connectivity index (χ0n) is 21.3. The van der Waals surface area contributed by atoms with E-state index in [1.165, 1.54) is 0 Å². The predicted octanol–water partition coefficient (Wildman–Crippen LogP) is 3.63. The van der Waals surface area contributed by atoms with E-state index >= 15 is 0 Å². The third-order valence-corrected chi connectivity index (χ3v) is 8.39. The Kier molecular flexibility index (Phi) is 4.97. The summed E-state index contributed by atoms with van der Waals surface area (Å²) in [6.45, 7) is 2.19. The fourth-order valence-corrected chi connectivity index (χ4v) is 5.90.